The topological polar surface area (TPSA) is 68.0 Å². The third-order valence-corrected chi connectivity index (χ3v) is 4.75. The minimum atomic E-state index is -0.0505. The number of amides is 1. The number of aryl methyl sites for hydroxylation is 2. The van der Waals surface area contributed by atoms with E-state index in [-0.39, 0.29) is 5.91 Å². The van der Waals surface area contributed by atoms with Gasteiger partial charge in [-0.15, -0.1) is 11.3 Å². The molecule has 3 N–H and O–H groups in total. The van der Waals surface area contributed by atoms with Crippen molar-refractivity contribution in [1.82, 2.24) is 4.98 Å². The first-order valence-electron chi connectivity index (χ1n) is 6.79. The molecule has 0 saturated heterocycles. The highest BCUT2D eigenvalue weighted by Crippen LogP contribution is 2.30. The minimum Gasteiger partial charge on any atom is -0.389 e. The summed E-state index contributed by atoms with van der Waals surface area (Å²) in [6.45, 7) is 0. The van der Waals surface area contributed by atoms with Gasteiger partial charge in [-0.05, 0) is 24.8 Å². The highest BCUT2D eigenvalue weighted by atomic mass is 32.1. The van der Waals surface area contributed by atoms with Gasteiger partial charge in [0, 0.05) is 10.4 Å². The molecule has 1 aliphatic rings. The Kier molecular flexibility index (Phi) is 3.98. The number of carbonyl (C=O) groups is 1. The first-order chi connectivity index (χ1) is 10.1. The normalized spacial score (nSPS) is 13.0. The van der Waals surface area contributed by atoms with Gasteiger partial charge in [0.2, 0.25) is 5.91 Å². The average molecular weight is 317 g/mol. The molecule has 0 spiro atoms. The van der Waals surface area contributed by atoms with E-state index in [0.29, 0.717) is 16.5 Å². The minimum absolute atomic E-state index is 0.0505. The molecule has 0 bridgehead atoms. The number of nitrogens with zero attached hydrogens (tertiary/aromatic N) is 1. The predicted molar refractivity (Wildman–Crippen MR) is 88.8 cm³/mol. The van der Waals surface area contributed by atoms with Crippen LogP contribution in [0.4, 0.5) is 5.13 Å². The lowest BCUT2D eigenvalue weighted by Gasteiger charge is -2.03. The molecule has 21 heavy (non-hydrogen) atoms. The molecule has 3 rings (SSSR count). The smallest absolute Gasteiger partial charge is 0.230 e. The Morgan fingerprint density at radius 1 is 1.33 bits per heavy atom. The lowest BCUT2D eigenvalue weighted by Crippen LogP contribution is -2.14. The molecule has 0 atom stereocenters. The van der Waals surface area contributed by atoms with Crippen molar-refractivity contribution < 1.29 is 4.79 Å². The van der Waals surface area contributed by atoms with Crippen LogP contribution >= 0.6 is 23.6 Å². The maximum absolute atomic E-state index is 12.0. The molecule has 6 heteroatoms. The zero-order chi connectivity index (χ0) is 14.8. The van der Waals surface area contributed by atoms with Gasteiger partial charge in [-0.25, -0.2) is 4.98 Å². The van der Waals surface area contributed by atoms with Gasteiger partial charge in [-0.2, -0.15) is 0 Å². The molecule has 0 radical (unpaired) electrons. The lowest BCUT2D eigenvalue weighted by molar-refractivity contribution is -0.115. The summed E-state index contributed by atoms with van der Waals surface area (Å²) in [5, 5.41) is 3.59. The van der Waals surface area contributed by atoms with Gasteiger partial charge < -0.3 is 11.1 Å². The number of benzene rings is 1. The second-order valence-corrected chi connectivity index (χ2v) is 6.55. The van der Waals surface area contributed by atoms with Crippen LogP contribution in [0.3, 0.4) is 0 Å². The number of hydrogen-bond acceptors (Lipinski definition) is 4. The van der Waals surface area contributed by atoms with Crippen molar-refractivity contribution in [2.75, 3.05) is 5.32 Å². The van der Waals surface area contributed by atoms with Crippen LogP contribution in [-0.2, 0) is 24.1 Å². The Morgan fingerprint density at radius 2 is 2.10 bits per heavy atom. The fraction of sp³-hybridized carbons (Fsp3) is 0.267. The third-order valence-electron chi connectivity index (χ3n) is 3.45. The van der Waals surface area contributed by atoms with Crippen LogP contribution in [-0.4, -0.2) is 15.9 Å². The number of thiocarbonyl (C=S) groups is 1. The molecule has 0 fully saturated rings. The molecule has 1 aromatic carbocycles. The first-order valence-corrected chi connectivity index (χ1v) is 8.01. The summed E-state index contributed by atoms with van der Waals surface area (Å²) < 4.78 is 0. The van der Waals surface area contributed by atoms with Gasteiger partial charge >= 0.3 is 0 Å². The van der Waals surface area contributed by atoms with Crippen molar-refractivity contribution in [1.29, 1.82) is 0 Å². The van der Waals surface area contributed by atoms with E-state index in [1.54, 1.807) is 11.3 Å². The number of fused-ring (bicyclic) bond motifs is 1. The molecular weight excluding hydrogens is 302 g/mol. The summed E-state index contributed by atoms with van der Waals surface area (Å²) in [4.78, 5) is 18.2. The maximum atomic E-state index is 12.0. The summed E-state index contributed by atoms with van der Waals surface area (Å²) in [5.74, 6) is -0.0505. The fourth-order valence-corrected chi connectivity index (χ4v) is 3.58. The number of aromatic nitrogens is 1. The number of nitrogens with one attached hydrogen (secondary N) is 1. The average Bonchev–Trinajstić information content (AvgIpc) is 3.00. The molecule has 0 unspecified atom stereocenters. The van der Waals surface area contributed by atoms with E-state index in [0.717, 1.165) is 29.7 Å². The number of hydrogen-bond donors (Lipinski definition) is 2. The van der Waals surface area contributed by atoms with Crippen LogP contribution in [0.1, 0.15) is 28.1 Å². The number of nitrogens with two attached hydrogens (primary N) is 1. The van der Waals surface area contributed by atoms with E-state index in [1.165, 1.54) is 11.3 Å². The van der Waals surface area contributed by atoms with Crippen LogP contribution < -0.4 is 11.1 Å². The fourth-order valence-electron chi connectivity index (χ4n) is 2.38. The zero-order valence-corrected chi connectivity index (χ0v) is 13.0. The summed E-state index contributed by atoms with van der Waals surface area (Å²) in [7, 11) is 0. The number of carbonyl (C=O) groups excluding carboxylic acids is 1. The molecule has 108 valence electrons. The van der Waals surface area contributed by atoms with Crippen molar-refractivity contribution in [2.45, 2.75) is 25.7 Å². The molecule has 1 aromatic heterocycles. The molecule has 1 amide bonds. The second kappa shape index (κ2) is 5.91. The Balaban J connectivity index is 1.61. The van der Waals surface area contributed by atoms with Crippen LogP contribution in [0.2, 0.25) is 0 Å². The van der Waals surface area contributed by atoms with Gasteiger partial charge in [0.05, 0.1) is 12.1 Å². The summed E-state index contributed by atoms with van der Waals surface area (Å²) in [6.07, 6.45) is 3.62. The summed E-state index contributed by atoms with van der Waals surface area (Å²) in [5.41, 5.74) is 8.43. The summed E-state index contributed by atoms with van der Waals surface area (Å²) in [6, 6.07) is 7.41. The van der Waals surface area contributed by atoms with Gasteiger partial charge in [-0.1, -0.05) is 36.5 Å². The number of rotatable bonds is 4. The quantitative estimate of drug-likeness (QED) is 0.850. The maximum Gasteiger partial charge on any atom is 0.230 e. The van der Waals surface area contributed by atoms with Crippen LogP contribution in [0.15, 0.2) is 24.3 Å². The van der Waals surface area contributed by atoms with Crippen molar-refractivity contribution in [3.63, 3.8) is 0 Å². The molecule has 2 aromatic rings. The highest BCUT2D eigenvalue weighted by Gasteiger charge is 2.17. The molecule has 1 aliphatic carbocycles. The lowest BCUT2D eigenvalue weighted by atomic mass is 10.1. The van der Waals surface area contributed by atoms with Gasteiger partial charge in [0.1, 0.15) is 4.99 Å². The third kappa shape index (κ3) is 3.28. The van der Waals surface area contributed by atoms with Crippen molar-refractivity contribution in [2.24, 2.45) is 5.73 Å². The van der Waals surface area contributed by atoms with Crippen LogP contribution in [0, 0.1) is 0 Å². The Labute approximate surface area is 132 Å². The van der Waals surface area contributed by atoms with Crippen LogP contribution in [0.5, 0.6) is 0 Å². The molecule has 0 saturated carbocycles. The highest BCUT2D eigenvalue weighted by molar-refractivity contribution is 7.80. The monoisotopic (exact) mass is 317 g/mol. The van der Waals surface area contributed by atoms with Gasteiger partial charge in [0.15, 0.2) is 5.13 Å². The van der Waals surface area contributed by atoms with Crippen molar-refractivity contribution in [3.8, 4) is 0 Å². The Bertz CT molecular complexity index is 670. The van der Waals surface area contributed by atoms with E-state index in [2.05, 4.69) is 10.3 Å². The zero-order valence-electron chi connectivity index (χ0n) is 11.4. The first kappa shape index (κ1) is 14.2. The van der Waals surface area contributed by atoms with E-state index in [9.17, 15) is 4.79 Å². The number of anilines is 1. The van der Waals surface area contributed by atoms with Crippen LogP contribution in [0.25, 0.3) is 0 Å². The van der Waals surface area contributed by atoms with E-state index < -0.39 is 0 Å². The Hall–Kier alpha value is -1.79. The molecule has 0 aliphatic heterocycles. The predicted octanol–water partition coefficient (Wildman–Crippen LogP) is 2.45. The molecule has 4 nitrogen and oxygen atoms in total. The summed E-state index contributed by atoms with van der Waals surface area (Å²) >= 11 is 6.49. The molecule has 1 heterocycles. The number of thiazole rings is 1. The van der Waals surface area contributed by atoms with E-state index >= 15 is 0 Å². The molecular formula is C15H15N3OS2. The van der Waals surface area contributed by atoms with E-state index in [1.807, 2.05) is 24.3 Å². The Morgan fingerprint density at radius 3 is 2.76 bits per heavy atom. The van der Waals surface area contributed by atoms with Crippen molar-refractivity contribution >= 4 is 39.6 Å². The van der Waals surface area contributed by atoms with E-state index in [4.69, 9.17) is 18.0 Å². The van der Waals surface area contributed by atoms with Gasteiger partial charge in [0.25, 0.3) is 0 Å². The second-order valence-electron chi connectivity index (χ2n) is 5.03. The standard InChI is InChI=1S/C15H15N3OS2/c16-14(20)10-6-4-9(5-7-10)8-13(19)18-15-17-11-2-1-3-12(11)21-15/h4-7H,1-3,8H2,(H2,16,20)(H,17,18,19). The van der Waals surface area contributed by atoms with Crippen molar-refractivity contribution in [3.05, 3.63) is 46.0 Å². The van der Waals surface area contributed by atoms with Gasteiger partial charge in [-0.3, -0.25) is 4.79 Å². The SMILES string of the molecule is NC(=S)c1ccc(CC(=O)Nc2nc3c(s2)CCC3)cc1. The largest absolute Gasteiger partial charge is 0.389 e.